The molecule has 1 aliphatic rings. The largest absolute Gasteiger partial charge is 0.454 e. The van der Waals surface area contributed by atoms with E-state index in [-0.39, 0.29) is 5.41 Å². The second-order valence-corrected chi connectivity index (χ2v) is 8.02. The molecule has 0 atom stereocenters. The molecule has 5 aromatic rings. The lowest BCUT2D eigenvalue weighted by atomic mass is 9.74. The number of hydrogen-bond acceptors (Lipinski definition) is 1. The van der Waals surface area contributed by atoms with Crippen molar-refractivity contribution in [3.8, 4) is 11.1 Å². The van der Waals surface area contributed by atoms with Crippen LogP contribution in [0.15, 0.2) is 89.3 Å². The molecule has 0 aliphatic heterocycles. The van der Waals surface area contributed by atoms with Gasteiger partial charge in [0.05, 0.1) is 5.02 Å². The Morgan fingerprint density at radius 1 is 0.607 bits per heavy atom. The van der Waals surface area contributed by atoms with Gasteiger partial charge in [0.25, 0.3) is 0 Å². The van der Waals surface area contributed by atoms with E-state index in [9.17, 15) is 0 Å². The molecule has 2 heteroatoms. The van der Waals surface area contributed by atoms with Crippen molar-refractivity contribution < 1.29 is 4.42 Å². The number of rotatable bonds is 1. The van der Waals surface area contributed by atoms with Crippen molar-refractivity contribution in [2.75, 3.05) is 0 Å². The molecular weight excluding hydrogens is 364 g/mol. The molecule has 0 spiro atoms. The number of para-hydroxylation sites is 2. The van der Waals surface area contributed by atoms with Crippen LogP contribution in [-0.2, 0) is 5.41 Å². The first kappa shape index (κ1) is 16.0. The maximum Gasteiger partial charge on any atom is 0.154 e. The van der Waals surface area contributed by atoms with Crippen LogP contribution in [0.2, 0.25) is 5.02 Å². The molecule has 0 amide bonds. The van der Waals surface area contributed by atoms with Crippen LogP contribution in [0.25, 0.3) is 33.1 Å². The molecule has 28 heavy (non-hydrogen) atoms. The summed E-state index contributed by atoms with van der Waals surface area (Å²) >= 11 is 6.44. The zero-order valence-electron chi connectivity index (χ0n) is 15.4. The summed E-state index contributed by atoms with van der Waals surface area (Å²) in [6.07, 6.45) is 0. The molecule has 0 saturated carbocycles. The molecule has 1 aliphatic carbocycles. The monoisotopic (exact) mass is 380 g/mol. The average molecular weight is 381 g/mol. The van der Waals surface area contributed by atoms with Crippen LogP contribution in [0.3, 0.4) is 0 Å². The van der Waals surface area contributed by atoms with Crippen molar-refractivity contribution in [1.82, 2.24) is 0 Å². The van der Waals surface area contributed by atoms with Crippen molar-refractivity contribution in [2.24, 2.45) is 0 Å². The maximum absolute atomic E-state index is 6.44. The highest BCUT2D eigenvalue weighted by molar-refractivity contribution is 6.35. The predicted octanol–water partition coefficient (Wildman–Crippen LogP) is 7.57. The molecule has 0 N–H and O–H groups in total. The molecule has 1 heterocycles. The third-order valence-electron chi connectivity index (χ3n) is 6.24. The Morgan fingerprint density at radius 3 is 1.82 bits per heavy atom. The number of fused-ring (bicyclic) bond motifs is 6. The van der Waals surface area contributed by atoms with Gasteiger partial charge in [0.1, 0.15) is 5.58 Å². The zero-order chi connectivity index (χ0) is 18.9. The van der Waals surface area contributed by atoms with Crippen LogP contribution in [0, 0.1) is 0 Å². The Bertz CT molecular complexity index is 1350. The van der Waals surface area contributed by atoms with Gasteiger partial charge in [-0.15, -0.1) is 0 Å². The van der Waals surface area contributed by atoms with E-state index in [1.807, 2.05) is 12.1 Å². The lowest BCUT2D eigenvalue weighted by Crippen LogP contribution is -2.22. The summed E-state index contributed by atoms with van der Waals surface area (Å²) in [4.78, 5) is 0. The van der Waals surface area contributed by atoms with E-state index in [4.69, 9.17) is 16.0 Å². The highest BCUT2D eigenvalue weighted by Gasteiger charge is 2.42. The Morgan fingerprint density at radius 2 is 1.14 bits per heavy atom. The summed E-state index contributed by atoms with van der Waals surface area (Å²) in [5.41, 5.74) is 7.79. The molecule has 0 fully saturated rings. The van der Waals surface area contributed by atoms with Gasteiger partial charge in [0.2, 0.25) is 0 Å². The Hall–Kier alpha value is -3.03. The second-order valence-electron chi connectivity index (χ2n) is 7.62. The van der Waals surface area contributed by atoms with Crippen molar-refractivity contribution in [1.29, 1.82) is 0 Å². The van der Waals surface area contributed by atoms with Gasteiger partial charge in [-0.2, -0.15) is 0 Å². The van der Waals surface area contributed by atoms with E-state index < -0.39 is 0 Å². The molecule has 0 radical (unpaired) electrons. The van der Waals surface area contributed by atoms with Crippen LogP contribution < -0.4 is 0 Å². The van der Waals surface area contributed by atoms with Crippen LogP contribution in [0.5, 0.6) is 0 Å². The number of halogens is 1. The van der Waals surface area contributed by atoms with Crippen LogP contribution >= 0.6 is 11.6 Å². The van der Waals surface area contributed by atoms with Gasteiger partial charge in [0.15, 0.2) is 5.58 Å². The molecule has 6 rings (SSSR count). The van der Waals surface area contributed by atoms with Gasteiger partial charge < -0.3 is 4.42 Å². The molecule has 0 bridgehead atoms. The predicted molar refractivity (Wildman–Crippen MR) is 116 cm³/mol. The average Bonchev–Trinajstić information content (AvgIpc) is 3.24. The topological polar surface area (TPSA) is 13.1 Å². The summed E-state index contributed by atoms with van der Waals surface area (Å²) in [5, 5.41) is 2.82. The van der Waals surface area contributed by atoms with Crippen molar-refractivity contribution in [3.05, 3.63) is 107 Å². The van der Waals surface area contributed by atoms with Crippen molar-refractivity contribution in [3.63, 3.8) is 0 Å². The van der Waals surface area contributed by atoms with E-state index in [0.717, 1.165) is 21.9 Å². The number of furan rings is 1. The molecule has 1 aromatic heterocycles. The SMILES string of the molecule is CC1(c2cccc3c2oc2c(Cl)cccc23)c2ccccc2-c2ccccc21. The molecule has 134 valence electrons. The minimum absolute atomic E-state index is 0.285. The summed E-state index contributed by atoms with van der Waals surface area (Å²) in [6, 6.07) is 29.8. The fraction of sp³-hybridized carbons (Fsp3) is 0.0769. The number of benzene rings is 4. The zero-order valence-corrected chi connectivity index (χ0v) is 16.1. The molecule has 4 aromatic carbocycles. The summed E-state index contributed by atoms with van der Waals surface area (Å²) < 4.78 is 6.39. The van der Waals surface area contributed by atoms with E-state index in [1.54, 1.807) is 0 Å². The van der Waals surface area contributed by atoms with Crippen molar-refractivity contribution >= 4 is 33.5 Å². The van der Waals surface area contributed by atoms with Gasteiger partial charge >= 0.3 is 0 Å². The van der Waals surface area contributed by atoms with Gasteiger partial charge in [-0.25, -0.2) is 0 Å². The second kappa shape index (κ2) is 5.50. The molecule has 0 saturated heterocycles. The normalized spacial score (nSPS) is 14.4. The summed E-state index contributed by atoms with van der Waals surface area (Å²) in [7, 11) is 0. The highest BCUT2D eigenvalue weighted by atomic mass is 35.5. The lowest BCUT2D eigenvalue weighted by Gasteiger charge is -2.28. The van der Waals surface area contributed by atoms with Gasteiger partial charge in [-0.05, 0) is 35.2 Å². The number of hydrogen-bond donors (Lipinski definition) is 0. The quantitative estimate of drug-likeness (QED) is 0.292. The van der Waals surface area contributed by atoms with Gasteiger partial charge in [-0.3, -0.25) is 0 Å². The molecule has 0 unspecified atom stereocenters. The standard InChI is InChI=1S/C26H17ClO/c1-26(20-12-4-2-8-16(20)17-9-3-5-13-21(17)26)22-14-6-10-18-19-11-7-15-23(27)25(19)28-24(18)22/h2-15H,1H3. The lowest BCUT2D eigenvalue weighted by molar-refractivity contribution is 0.638. The molecule has 1 nitrogen and oxygen atoms in total. The van der Waals surface area contributed by atoms with E-state index in [1.165, 1.54) is 27.8 Å². The summed E-state index contributed by atoms with van der Waals surface area (Å²) in [5.74, 6) is 0. The Kier molecular flexibility index (Phi) is 3.14. The first-order valence-electron chi connectivity index (χ1n) is 9.49. The minimum Gasteiger partial charge on any atom is -0.454 e. The smallest absolute Gasteiger partial charge is 0.154 e. The fourth-order valence-electron chi connectivity index (χ4n) is 4.92. The third-order valence-corrected chi connectivity index (χ3v) is 6.53. The fourth-order valence-corrected chi connectivity index (χ4v) is 5.14. The minimum atomic E-state index is -0.285. The summed E-state index contributed by atoms with van der Waals surface area (Å²) in [6.45, 7) is 2.31. The van der Waals surface area contributed by atoms with Crippen LogP contribution in [0.1, 0.15) is 23.6 Å². The maximum atomic E-state index is 6.44. The van der Waals surface area contributed by atoms with E-state index in [2.05, 4.69) is 79.7 Å². The van der Waals surface area contributed by atoms with Crippen LogP contribution in [-0.4, -0.2) is 0 Å². The first-order chi connectivity index (χ1) is 13.7. The van der Waals surface area contributed by atoms with Gasteiger partial charge in [0, 0.05) is 21.8 Å². The van der Waals surface area contributed by atoms with E-state index in [0.29, 0.717) is 5.02 Å². The van der Waals surface area contributed by atoms with E-state index >= 15 is 0 Å². The van der Waals surface area contributed by atoms with Gasteiger partial charge in [-0.1, -0.05) is 90.5 Å². The first-order valence-corrected chi connectivity index (χ1v) is 9.87. The Balaban J connectivity index is 1.77. The third kappa shape index (κ3) is 1.87. The highest BCUT2D eigenvalue weighted by Crippen LogP contribution is 2.54. The molecular formula is C26H17ClO. The van der Waals surface area contributed by atoms with Crippen LogP contribution in [0.4, 0.5) is 0 Å². The van der Waals surface area contributed by atoms with Crippen molar-refractivity contribution in [2.45, 2.75) is 12.3 Å². The Labute approximate surface area is 168 Å².